The fraction of sp³-hybridized carbons (Fsp3) is 0.680. The fourth-order valence-electron chi connectivity index (χ4n) is 4.92. The molecule has 0 radical (unpaired) electrons. The number of benzene rings is 1. The zero-order chi connectivity index (χ0) is 22.2. The van der Waals surface area contributed by atoms with Crippen molar-refractivity contribution in [1.82, 2.24) is 20.4 Å². The van der Waals surface area contributed by atoms with E-state index in [1.807, 2.05) is 24.8 Å². The zero-order valence-corrected chi connectivity index (χ0v) is 19.5. The molecule has 6 heteroatoms. The van der Waals surface area contributed by atoms with E-state index in [4.69, 9.17) is 0 Å². The molecule has 2 fully saturated rings. The lowest BCUT2D eigenvalue weighted by molar-refractivity contribution is -0.129. The summed E-state index contributed by atoms with van der Waals surface area (Å²) in [5.74, 6) is 0.602. The largest absolute Gasteiger partial charge is 0.352 e. The van der Waals surface area contributed by atoms with Crippen LogP contribution in [-0.2, 0) is 11.2 Å². The summed E-state index contributed by atoms with van der Waals surface area (Å²) in [6.45, 7) is 8.95. The third kappa shape index (κ3) is 6.96. The molecule has 0 aromatic heterocycles. The summed E-state index contributed by atoms with van der Waals surface area (Å²) in [7, 11) is 0. The molecule has 3 rings (SSSR count). The van der Waals surface area contributed by atoms with Crippen LogP contribution < -0.4 is 10.6 Å². The van der Waals surface area contributed by atoms with Gasteiger partial charge in [-0.05, 0) is 57.9 Å². The van der Waals surface area contributed by atoms with E-state index in [1.54, 1.807) is 0 Å². The number of hydrogen-bond acceptors (Lipinski definition) is 3. The van der Waals surface area contributed by atoms with Crippen molar-refractivity contribution in [3.63, 3.8) is 0 Å². The average molecular weight is 429 g/mol. The minimum absolute atomic E-state index is 0.00560. The Morgan fingerprint density at radius 1 is 0.968 bits per heavy atom. The summed E-state index contributed by atoms with van der Waals surface area (Å²) in [6.07, 6.45) is 6.61. The van der Waals surface area contributed by atoms with Crippen molar-refractivity contribution >= 4 is 11.9 Å². The number of nitrogens with zero attached hydrogens (tertiary/aromatic N) is 2. The SMILES string of the molecule is CC(C)NC(=O)N1CCN([C@@H](C(=O)N[C@@H](C)CCc2ccccc2)C2CCCC2)CC1. The topological polar surface area (TPSA) is 64.7 Å². The number of nitrogens with one attached hydrogen (secondary N) is 2. The monoisotopic (exact) mass is 428 g/mol. The van der Waals surface area contributed by atoms with Crippen LogP contribution in [0.3, 0.4) is 0 Å². The Hall–Kier alpha value is -2.08. The second-order valence-electron chi connectivity index (χ2n) is 9.55. The van der Waals surface area contributed by atoms with Crippen LogP contribution >= 0.6 is 0 Å². The lowest BCUT2D eigenvalue weighted by atomic mass is 9.94. The quantitative estimate of drug-likeness (QED) is 0.667. The lowest BCUT2D eigenvalue weighted by Gasteiger charge is -2.41. The van der Waals surface area contributed by atoms with Crippen molar-refractivity contribution in [2.24, 2.45) is 5.92 Å². The molecule has 1 aromatic rings. The van der Waals surface area contributed by atoms with Gasteiger partial charge in [-0.15, -0.1) is 0 Å². The maximum Gasteiger partial charge on any atom is 0.317 e. The molecule has 1 saturated heterocycles. The van der Waals surface area contributed by atoms with Gasteiger partial charge in [0.15, 0.2) is 0 Å². The Bertz CT molecular complexity index is 695. The van der Waals surface area contributed by atoms with Crippen LogP contribution in [0.1, 0.15) is 58.4 Å². The number of urea groups is 1. The Morgan fingerprint density at radius 2 is 1.61 bits per heavy atom. The Balaban J connectivity index is 1.55. The van der Waals surface area contributed by atoms with Gasteiger partial charge in [0.05, 0.1) is 6.04 Å². The summed E-state index contributed by atoms with van der Waals surface area (Å²) in [6, 6.07) is 10.7. The van der Waals surface area contributed by atoms with Crippen molar-refractivity contribution < 1.29 is 9.59 Å². The molecule has 0 spiro atoms. The fourth-order valence-corrected chi connectivity index (χ4v) is 4.92. The molecule has 0 bridgehead atoms. The molecule has 1 aliphatic heterocycles. The second kappa shape index (κ2) is 11.5. The maximum atomic E-state index is 13.4. The summed E-state index contributed by atoms with van der Waals surface area (Å²) in [4.78, 5) is 29.9. The first kappa shape index (κ1) is 23.6. The van der Waals surface area contributed by atoms with Crippen LogP contribution in [0.15, 0.2) is 30.3 Å². The van der Waals surface area contributed by atoms with Crippen molar-refractivity contribution in [1.29, 1.82) is 0 Å². The summed E-state index contributed by atoms with van der Waals surface area (Å²) >= 11 is 0. The van der Waals surface area contributed by atoms with Gasteiger partial charge in [-0.2, -0.15) is 0 Å². The minimum Gasteiger partial charge on any atom is -0.352 e. The molecular formula is C25H40N4O2. The smallest absolute Gasteiger partial charge is 0.317 e. The van der Waals surface area contributed by atoms with Crippen LogP contribution in [0.4, 0.5) is 4.79 Å². The van der Waals surface area contributed by atoms with Crippen LogP contribution in [0.2, 0.25) is 0 Å². The summed E-state index contributed by atoms with van der Waals surface area (Å²) in [5.41, 5.74) is 1.31. The number of carbonyl (C=O) groups excluding carboxylic acids is 2. The molecule has 6 nitrogen and oxygen atoms in total. The first-order valence-corrected chi connectivity index (χ1v) is 12.1. The summed E-state index contributed by atoms with van der Waals surface area (Å²) in [5, 5.41) is 6.29. The van der Waals surface area contributed by atoms with E-state index in [1.165, 1.54) is 18.4 Å². The molecule has 1 aromatic carbocycles. The molecule has 1 aliphatic carbocycles. The van der Waals surface area contributed by atoms with Gasteiger partial charge in [-0.25, -0.2) is 4.79 Å². The lowest BCUT2D eigenvalue weighted by Crippen LogP contribution is -2.59. The molecule has 3 amide bonds. The number of aryl methyl sites for hydroxylation is 1. The van der Waals surface area contributed by atoms with Gasteiger partial charge in [-0.3, -0.25) is 9.69 Å². The molecular weight excluding hydrogens is 388 g/mol. The van der Waals surface area contributed by atoms with E-state index in [9.17, 15) is 9.59 Å². The minimum atomic E-state index is -0.0722. The van der Waals surface area contributed by atoms with Crippen LogP contribution in [-0.4, -0.2) is 66.0 Å². The standard InChI is InChI=1S/C25H40N4O2/c1-19(2)26-25(31)29-17-15-28(16-18-29)23(22-11-7-8-12-22)24(30)27-20(3)13-14-21-9-5-4-6-10-21/h4-6,9-10,19-20,22-23H,7-8,11-18H2,1-3H3,(H,26,31)(H,27,30)/t20-,23+/m0/s1. The number of carbonyl (C=O) groups is 2. The maximum absolute atomic E-state index is 13.4. The van der Waals surface area contributed by atoms with E-state index < -0.39 is 0 Å². The van der Waals surface area contributed by atoms with E-state index in [2.05, 4.69) is 46.7 Å². The van der Waals surface area contributed by atoms with Gasteiger partial charge < -0.3 is 15.5 Å². The van der Waals surface area contributed by atoms with E-state index in [-0.39, 0.29) is 30.1 Å². The average Bonchev–Trinajstić information content (AvgIpc) is 3.27. The first-order valence-electron chi connectivity index (χ1n) is 12.1. The highest BCUT2D eigenvalue weighted by molar-refractivity contribution is 5.82. The molecule has 1 saturated carbocycles. The number of hydrogen-bond donors (Lipinski definition) is 2. The highest BCUT2D eigenvalue weighted by Crippen LogP contribution is 2.31. The highest BCUT2D eigenvalue weighted by atomic mass is 16.2. The van der Waals surface area contributed by atoms with E-state index >= 15 is 0 Å². The van der Waals surface area contributed by atoms with E-state index in [0.717, 1.165) is 38.8 Å². The number of piperazine rings is 1. The van der Waals surface area contributed by atoms with Crippen molar-refractivity contribution in [3.8, 4) is 0 Å². The number of amides is 3. The Labute approximate surface area is 187 Å². The van der Waals surface area contributed by atoms with Gasteiger partial charge in [0, 0.05) is 38.3 Å². The van der Waals surface area contributed by atoms with Gasteiger partial charge in [0.25, 0.3) is 0 Å². The summed E-state index contributed by atoms with van der Waals surface area (Å²) < 4.78 is 0. The molecule has 2 aliphatic rings. The second-order valence-corrected chi connectivity index (χ2v) is 9.55. The Morgan fingerprint density at radius 3 is 2.23 bits per heavy atom. The van der Waals surface area contributed by atoms with Crippen LogP contribution in [0.5, 0.6) is 0 Å². The van der Waals surface area contributed by atoms with Gasteiger partial charge in [0.1, 0.15) is 0 Å². The molecule has 2 N–H and O–H groups in total. The predicted octanol–water partition coefficient (Wildman–Crippen LogP) is 3.42. The Kier molecular flexibility index (Phi) is 8.76. The molecule has 1 heterocycles. The zero-order valence-electron chi connectivity index (χ0n) is 19.5. The van der Waals surface area contributed by atoms with E-state index in [0.29, 0.717) is 19.0 Å². The molecule has 2 atom stereocenters. The van der Waals surface area contributed by atoms with Crippen LogP contribution in [0.25, 0.3) is 0 Å². The van der Waals surface area contributed by atoms with Gasteiger partial charge in [0.2, 0.25) is 5.91 Å². The molecule has 0 unspecified atom stereocenters. The third-order valence-corrected chi connectivity index (χ3v) is 6.62. The van der Waals surface area contributed by atoms with Crippen LogP contribution in [0, 0.1) is 5.92 Å². The molecule has 172 valence electrons. The van der Waals surface area contributed by atoms with Gasteiger partial charge >= 0.3 is 6.03 Å². The normalized spacial score (nSPS) is 19.9. The predicted molar refractivity (Wildman–Crippen MR) is 125 cm³/mol. The first-order chi connectivity index (χ1) is 14.9. The third-order valence-electron chi connectivity index (χ3n) is 6.62. The van der Waals surface area contributed by atoms with Crippen molar-refractivity contribution in [3.05, 3.63) is 35.9 Å². The highest BCUT2D eigenvalue weighted by Gasteiger charge is 2.37. The van der Waals surface area contributed by atoms with Crippen molar-refractivity contribution in [2.45, 2.75) is 77.4 Å². The van der Waals surface area contributed by atoms with Crippen molar-refractivity contribution in [2.75, 3.05) is 26.2 Å². The molecule has 31 heavy (non-hydrogen) atoms. The number of rotatable bonds is 8. The van der Waals surface area contributed by atoms with Gasteiger partial charge in [-0.1, -0.05) is 43.2 Å².